The predicted octanol–water partition coefficient (Wildman–Crippen LogP) is 3.49. The maximum atomic E-state index is 12.7. The van der Waals surface area contributed by atoms with Crippen molar-refractivity contribution in [2.24, 2.45) is 0 Å². The Hall–Kier alpha value is -1.39. The minimum atomic E-state index is -3.24. The van der Waals surface area contributed by atoms with Gasteiger partial charge in [-0.15, -0.1) is 0 Å². The molecule has 2 aromatic carbocycles. The van der Waals surface area contributed by atoms with Gasteiger partial charge in [0.15, 0.2) is 9.84 Å². The van der Waals surface area contributed by atoms with Crippen LogP contribution >= 0.6 is 0 Å². The summed E-state index contributed by atoms with van der Waals surface area (Å²) in [6, 6.07) is 13.4. The van der Waals surface area contributed by atoms with Crippen molar-refractivity contribution in [2.75, 3.05) is 18.8 Å². The molecule has 0 bridgehead atoms. The van der Waals surface area contributed by atoms with Crippen LogP contribution in [0.5, 0.6) is 0 Å². The topological polar surface area (TPSA) is 37.4 Å². The quantitative estimate of drug-likeness (QED) is 0.866. The molecular formula is C18H23NO2S. The summed E-state index contributed by atoms with van der Waals surface area (Å²) in [6.45, 7) is 4.08. The van der Waals surface area contributed by atoms with Gasteiger partial charge in [0, 0.05) is 6.04 Å². The molecule has 0 aliphatic carbocycles. The van der Waals surface area contributed by atoms with Crippen LogP contribution in [0.2, 0.25) is 0 Å². The zero-order valence-electron chi connectivity index (χ0n) is 13.0. The van der Waals surface area contributed by atoms with E-state index in [1.54, 1.807) is 12.1 Å². The second-order valence-electron chi connectivity index (χ2n) is 6.24. The van der Waals surface area contributed by atoms with E-state index >= 15 is 0 Å². The molecule has 1 aliphatic rings. The number of fused-ring (bicyclic) bond motifs is 1. The van der Waals surface area contributed by atoms with Gasteiger partial charge >= 0.3 is 0 Å². The van der Waals surface area contributed by atoms with Crippen LogP contribution < -0.4 is 0 Å². The third kappa shape index (κ3) is 3.33. The Morgan fingerprint density at radius 2 is 1.68 bits per heavy atom. The molecule has 1 heterocycles. The molecule has 0 unspecified atom stereocenters. The first kappa shape index (κ1) is 15.5. The number of hydrogen-bond donors (Lipinski definition) is 0. The van der Waals surface area contributed by atoms with Crippen LogP contribution in [-0.4, -0.2) is 38.2 Å². The fourth-order valence-electron chi connectivity index (χ4n) is 3.24. The van der Waals surface area contributed by atoms with Gasteiger partial charge in [0.1, 0.15) is 0 Å². The Labute approximate surface area is 132 Å². The van der Waals surface area contributed by atoms with E-state index in [0.29, 0.717) is 4.90 Å². The van der Waals surface area contributed by atoms with Crippen LogP contribution in [0.4, 0.5) is 0 Å². The molecule has 3 rings (SSSR count). The lowest BCUT2D eigenvalue weighted by atomic mass is 10.1. The highest BCUT2D eigenvalue weighted by Crippen LogP contribution is 2.22. The normalized spacial score (nSPS) is 18.4. The van der Waals surface area contributed by atoms with E-state index in [4.69, 9.17) is 0 Å². The molecule has 1 fully saturated rings. The van der Waals surface area contributed by atoms with Crippen molar-refractivity contribution in [3.8, 4) is 0 Å². The molecule has 1 saturated heterocycles. The van der Waals surface area contributed by atoms with Gasteiger partial charge in [0.25, 0.3) is 0 Å². The summed E-state index contributed by atoms with van der Waals surface area (Å²) in [5.74, 6) is 0.200. The zero-order valence-corrected chi connectivity index (χ0v) is 13.8. The van der Waals surface area contributed by atoms with Gasteiger partial charge in [-0.05, 0) is 55.8 Å². The fourth-order valence-corrected chi connectivity index (χ4v) is 4.86. The monoisotopic (exact) mass is 317 g/mol. The van der Waals surface area contributed by atoms with Crippen molar-refractivity contribution < 1.29 is 8.42 Å². The van der Waals surface area contributed by atoms with Crippen molar-refractivity contribution in [3.63, 3.8) is 0 Å². The lowest BCUT2D eigenvalue weighted by molar-refractivity contribution is 0.186. The standard InChI is InChI=1S/C18H23NO2S/c1-15(19-11-5-2-6-12-19)14-22(20,21)18-10-9-16-7-3-4-8-17(16)13-18/h3-4,7-10,13,15H,2,5-6,11-12,14H2,1H3/t15-/m0/s1. The van der Waals surface area contributed by atoms with Crippen LogP contribution in [0.1, 0.15) is 26.2 Å². The first-order valence-corrected chi connectivity index (χ1v) is 9.67. The molecule has 22 heavy (non-hydrogen) atoms. The van der Waals surface area contributed by atoms with Crippen LogP contribution in [0.3, 0.4) is 0 Å². The number of hydrogen-bond acceptors (Lipinski definition) is 3. The smallest absolute Gasteiger partial charge is 0.179 e. The molecule has 0 aromatic heterocycles. The summed E-state index contributed by atoms with van der Waals surface area (Å²) in [7, 11) is -3.24. The third-order valence-corrected chi connectivity index (χ3v) is 6.45. The largest absolute Gasteiger partial charge is 0.300 e. The lowest BCUT2D eigenvalue weighted by Gasteiger charge is -2.32. The van der Waals surface area contributed by atoms with Crippen molar-refractivity contribution in [3.05, 3.63) is 42.5 Å². The molecule has 0 spiro atoms. The number of sulfone groups is 1. The molecule has 0 N–H and O–H groups in total. The first-order valence-electron chi connectivity index (χ1n) is 8.02. The molecule has 0 radical (unpaired) electrons. The highest BCUT2D eigenvalue weighted by atomic mass is 32.2. The zero-order chi connectivity index (χ0) is 15.6. The van der Waals surface area contributed by atoms with Crippen LogP contribution in [-0.2, 0) is 9.84 Å². The molecule has 4 heteroatoms. The maximum absolute atomic E-state index is 12.7. The molecule has 3 nitrogen and oxygen atoms in total. The Morgan fingerprint density at radius 1 is 1.00 bits per heavy atom. The molecule has 2 aromatic rings. The maximum Gasteiger partial charge on any atom is 0.179 e. The van der Waals surface area contributed by atoms with Gasteiger partial charge in [-0.2, -0.15) is 0 Å². The summed E-state index contributed by atoms with van der Waals surface area (Å²) >= 11 is 0. The Kier molecular flexibility index (Phi) is 4.50. The predicted molar refractivity (Wildman–Crippen MR) is 90.9 cm³/mol. The Morgan fingerprint density at radius 3 is 2.41 bits per heavy atom. The van der Waals surface area contributed by atoms with Gasteiger partial charge in [-0.25, -0.2) is 8.42 Å². The summed E-state index contributed by atoms with van der Waals surface area (Å²) in [4.78, 5) is 2.75. The van der Waals surface area contributed by atoms with E-state index < -0.39 is 9.84 Å². The Balaban J connectivity index is 1.81. The van der Waals surface area contributed by atoms with Gasteiger partial charge < -0.3 is 0 Å². The van der Waals surface area contributed by atoms with E-state index in [1.807, 2.05) is 37.3 Å². The van der Waals surface area contributed by atoms with Crippen LogP contribution in [0.25, 0.3) is 10.8 Å². The third-order valence-electron chi connectivity index (χ3n) is 4.55. The molecule has 1 aliphatic heterocycles. The molecular weight excluding hydrogens is 294 g/mol. The Bertz CT molecular complexity index is 749. The van der Waals surface area contributed by atoms with Gasteiger partial charge in [0.2, 0.25) is 0 Å². The molecule has 0 saturated carbocycles. The lowest BCUT2D eigenvalue weighted by Crippen LogP contribution is -2.41. The number of nitrogens with zero attached hydrogens (tertiary/aromatic N) is 1. The minimum Gasteiger partial charge on any atom is -0.300 e. The number of piperidine rings is 1. The highest BCUT2D eigenvalue weighted by molar-refractivity contribution is 7.91. The second-order valence-corrected chi connectivity index (χ2v) is 8.27. The van der Waals surface area contributed by atoms with Crippen LogP contribution in [0.15, 0.2) is 47.4 Å². The average Bonchev–Trinajstić information content (AvgIpc) is 2.55. The summed E-state index contributed by atoms with van der Waals surface area (Å²) < 4.78 is 25.4. The fraction of sp³-hybridized carbons (Fsp3) is 0.444. The SMILES string of the molecule is C[C@@H](CS(=O)(=O)c1ccc2ccccc2c1)N1CCCCC1. The highest BCUT2D eigenvalue weighted by Gasteiger charge is 2.24. The number of benzene rings is 2. The number of likely N-dealkylation sites (tertiary alicyclic amines) is 1. The summed E-state index contributed by atoms with van der Waals surface area (Å²) in [5, 5.41) is 2.06. The van der Waals surface area contributed by atoms with Crippen molar-refractivity contribution >= 4 is 20.6 Å². The first-order chi connectivity index (χ1) is 10.6. The molecule has 118 valence electrons. The van der Waals surface area contributed by atoms with E-state index in [9.17, 15) is 8.42 Å². The van der Waals surface area contributed by atoms with E-state index in [-0.39, 0.29) is 11.8 Å². The van der Waals surface area contributed by atoms with Crippen molar-refractivity contribution in [1.29, 1.82) is 0 Å². The van der Waals surface area contributed by atoms with Crippen LogP contribution in [0, 0.1) is 0 Å². The van der Waals surface area contributed by atoms with Crippen molar-refractivity contribution in [1.82, 2.24) is 4.90 Å². The van der Waals surface area contributed by atoms with Gasteiger partial charge in [-0.1, -0.05) is 36.8 Å². The van der Waals surface area contributed by atoms with Gasteiger partial charge in [0.05, 0.1) is 10.6 Å². The molecule has 0 amide bonds. The van der Waals surface area contributed by atoms with E-state index in [2.05, 4.69) is 4.90 Å². The average molecular weight is 317 g/mol. The van der Waals surface area contributed by atoms with E-state index in [0.717, 1.165) is 23.9 Å². The van der Waals surface area contributed by atoms with E-state index in [1.165, 1.54) is 19.3 Å². The minimum absolute atomic E-state index is 0.0803. The summed E-state index contributed by atoms with van der Waals surface area (Å²) in [5.41, 5.74) is 0. The summed E-state index contributed by atoms with van der Waals surface area (Å²) in [6.07, 6.45) is 3.63. The number of rotatable bonds is 4. The van der Waals surface area contributed by atoms with Crippen molar-refractivity contribution in [2.45, 2.75) is 37.1 Å². The molecule has 1 atom stereocenters. The second kappa shape index (κ2) is 6.39. The van der Waals surface area contributed by atoms with Gasteiger partial charge in [-0.3, -0.25) is 4.90 Å².